The average molecular weight is 261 g/mol. The van der Waals surface area contributed by atoms with Crippen molar-refractivity contribution in [2.45, 2.75) is 58.8 Å². The summed E-state index contributed by atoms with van der Waals surface area (Å²) in [6, 6.07) is 2.02. The molecule has 0 saturated heterocycles. The van der Waals surface area contributed by atoms with E-state index in [2.05, 4.69) is 13.8 Å². The maximum Gasteiger partial charge on any atom is 0.339 e. The van der Waals surface area contributed by atoms with Crippen LogP contribution >= 0.6 is 0 Å². The average Bonchev–Trinajstić information content (AvgIpc) is 3.23. The summed E-state index contributed by atoms with van der Waals surface area (Å²) >= 11 is 0. The highest BCUT2D eigenvalue weighted by Crippen LogP contribution is 2.41. The first-order chi connectivity index (χ1) is 9.21. The van der Waals surface area contributed by atoms with Gasteiger partial charge in [-0.05, 0) is 44.2 Å². The van der Waals surface area contributed by atoms with E-state index in [1.54, 1.807) is 0 Å². The molecule has 2 rings (SSSR count). The minimum absolute atomic E-state index is 0.213. The maximum atomic E-state index is 12.1. The van der Waals surface area contributed by atoms with Gasteiger partial charge >= 0.3 is 5.97 Å². The van der Waals surface area contributed by atoms with E-state index in [4.69, 9.17) is 9.72 Å². The zero-order valence-electron chi connectivity index (χ0n) is 12.2. The lowest BCUT2D eigenvalue weighted by Gasteiger charge is -2.13. The number of pyridine rings is 1. The van der Waals surface area contributed by atoms with Crippen molar-refractivity contribution in [3.8, 4) is 0 Å². The van der Waals surface area contributed by atoms with Gasteiger partial charge in [0.1, 0.15) is 0 Å². The van der Waals surface area contributed by atoms with E-state index in [0.29, 0.717) is 18.1 Å². The van der Waals surface area contributed by atoms with Crippen molar-refractivity contribution in [3.63, 3.8) is 0 Å². The minimum atomic E-state index is -0.213. The molecule has 0 unspecified atom stereocenters. The Hall–Kier alpha value is -1.38. The Morgan fingerprint density at radius 2 is 2.11 bits per heavy atom. The molecule has 1 aromatic rings. The highest BCUT2D eigenvalue weighted by molar-refractivity contribution is 5.91. The topological polar surface area (TPSA) is 39.2 Å². The number of carbonyl (C=O) groups is 1. The summed E-state index contributed by atoms with van der Waals surface area (Å²) in [6.45, 7) is 6.54. The molecule has 0 amide bonds. The molecular weight excluding hydrogens is 238 g/mol. The van der Waals surface area contributed by atoms with E-state index in [9.17, 15) is 4.79 Å². The lowest BCUT2D eigenvalue weighted by Crippen LogP contribution is -2.12. The van der Waals surface area contributed by atoms with Gasteiger partial charge < -0.3 is 4.74 Å². The number of hydrogen-bond acceptors (Lipinski definition) is 3. The molecule has 0 radical (unpaired) electrons. The third kappa shape index (κ3) is 3.14. The van der Waals surface area contributed by atoms with Gasteiger partial charge in [-0.3, -0.25) is 4.98 Å². The molecule has 1 aromatic heterocycles. The SMILES string of the molecule is CCCc1nc(C2CC2)c(C(=O)OCC)cc1CC. The van der Waals surface area contributed by atoms with Crippen molar-refractivity contribution < 1.29 is 9.53 Å². The molecule has 0 bridgehead atoms. The van der Waals surface area contributed by atoms with Crippen molar-refractivity contribution in [1.82, 2.24) is 4.98 Å². The molecule has 1 saturated carbocycles. The van der Waals surface area contributed by atoms with Gasteiger partial charge in [0.15, 0.2) is 0 Å². The van der Waals surface area contributed by atoms with Crippen molar-refractivity contribution in [1.29, 1.82) is 0 Å². The van der Waals surface area contributed by atoms with Crippen molar-refractivity contribution >= 4 is 5.97 Å². The lowest BCUT2D eigenvalue weighted by molar-refractivity contribution is 0.0524. The summed E-state index contributed by atoms with van der Waals surface area (Å²) in [7, 11) is 0. The van der Waals surface area contributed by atoms with Crippen LogP contribution in [0.15, 0.2) is 6.07 Å². The van der Waals surface area contributed by atoms with Crippen LogP contribution in [0, 0.1) is 0 Å². The van der Waals surface area contributed by atoms with Crippen LogP contribution in [0.5, 0.6) is 0 Å². The van der Waals surface area contributed by atoms with Crippen LogP contribution < -0.4 is 0 Å². The molecule has 3 nitrogen and oxygen atoms in total. The second-order valence-electron chi connectivity index (χ2n) is 5.13. The van der Waals surface area contributed by atoms with Gasteiger partial charge in [-0.2, -0.15) is 0 Å². The van der Waals surface area contributed by atoms with Gasteiger partial charge in [-0.15, -0.1) is 0 Å². The Kier molecular flexibility index (Phi) is 4.56. The number of esters is 1. The fourth-order valence-corrected chi connectivity index (χ4v) is 2.41. The van der Waals surface area contributed by atoms with Crippen LogP contribution in [-0.4, -0.2) is 17.6 Å². The molecular formula is C16H23NO2. The van der Waals surface area contributed by atoms with E-state index in [1.165, 1.54) is 11.3 Å². The Labute approximate surface area is 115 Å². The fourth-order valence-electron chi connectivity index (χ4n) is 2.41. The number of nitrogens with zero attached hydrogens (tertiary/aromatic N) is 1. The van der Waals surface area contributed by atoms with Crippen LogP contribution in [0.2, 0.25) is 0 Å². The first-order valence-electron chi connectivity index (χ1n) is 7.41. The predicted octanol–water partition coefficient (Wildman–Crippen LogP) is 3.65. The summed E-state index contributed by atoms with van der Waals surface area (Å²) in [4.78, 5) is 16.9. The second kappa shape index (κ2) is 6.18. The molecule has 1 heterocycles. The maximum absolute atomic E-state index is 12.1. The summed E-state index contributed by atoms with van der Waals surface area (Å²) in [6.07, 6.45) is 5.29. The molecule has 0 spiro atoms. The Balaban J connectivity index is 2.42. The molecule has 3 heteroatoms. The third-order valence-corrected chi connectivity index (χ3v) is 3.55. The number of aromatic nitrogens is 1. The zero-order valence-corrected chi connectivity index (χ0v) is 12.2. The number of ether oxygens (including phenoxy) is 1. The molecule has 1 aliphatic carbocycles. The Bertz CT molecular complexity index is 464. The molecule has 0 atom stereocenters. The van der Waals surface area contributed by atoms with Gasteiger partial charge in [0.25, 0.3) is 0 Å². The molecule has 0 aromatic carbocycles. The number of rotatable bonds is 6. The van der Waals surface area contributed by atoms with E-state index in [-0.39, 0.29) is 5.97 Å². The molecule has 0 aliphatic heterocycles. The van der Waals surface area contributed by atoms with E-state index < -0.39 is 0 Å². The van der Waals surface area contributed by atoms with E-state index in [1.807, 2.05) is 13.0 Å². The molecule has 1 aliphatic rings. The van der Waals surface area contributed by atoms with Crippen molar-refractivity contribution in [2.75, 3.05) is 6.61 Å². The smallest absolute Gasteiger partial charge is 0.339 e. The minimum Gasteiger partial charge on any atom is -0.462 e. The van der Waals surface area contributed by atoms with E-state index >= 15 is 0 Å². The molecule has 0 N–H and O–H groups in total. The standard InChI is InChI=1S/C16H23NO2/c1-4-7-14-11(5-2)10-13(16(18)19-6-3)15(17-14)12-8-9-12/h10,12H,4-9H2,1-3H3. The first-order valence-corrected chi connectivity index (χ1v) is 7.41. The number of aryl methyl sites for hydroxylation is 2. The Morgan fingerprint density at radius 3 is 2.63 bits per heavy atom. The Morgan fingerprint density at radius 1 is 1.37 bits per heavy atom. The largest absolute Gasteiger partial charge is 0.462 e. The van der Waals surface area contributed by atoms with Crippen LogP contribution in [-0.2, 0) is 17.6 Å². The normalized spacial score (nSPS) is 14.5. The van der Waals surface area contributed by atoms with Gasteiger partial charge in [0.05, 0.1) is 17.9 Å². The van der Waals surface area contributed by atoms with Gasteiger partial charge in [-0.25, -0.2) is 4.79 Å². The van der Waals surface area contributed by atoms with Crippen molar-refractivity contribution in [3.05, 3.63) is 28.6 Å². The summed E-state index contributed by atoms with van der Waals surface area (Å²) in [5.41, 5.74) is 4.02. The van der Waals surface area contributed by atoms with Gasteiger partial charge in [0.2, 0.25) is 0 Å². The summed E-state index contributed by atoms with van der Waals surface area (Å²) in [5.74, 6) is 0.260. The highest BCUT2D eigenvalue weighted by Gasteiger charge is 2.31. The summed E-state index contributed by atoms with van der Waals surface area (Å²) < 4.78 is 5.17. The van der Waals surface area contributed by atoms with Gasteiger partial charge in [0, 0.05) is 11.6 Å². The molecule has 1 fully saturated rings. The van der Waals surface area contributed by atoms with Crippen LogP contribution in [0.25, 0.3) is 0 Å². The number of carbonyl (C=O) groups excluding carboxylic acids is 1. The quantitative estimate of drug-likeness (QED) is 0.734. The van der Waals surface area contributed by atoms with Crippen molar-refractivity contribution in [2.24, 2.45) is 0 Å². The highest BCUT2D eigenvalue weighted by atomic mass is 16.5. The fraction of sp³-hybridized carbons (Fsp3) is 0.625. The van der Waals surface area contributed by atoms with Gasteiger partial charge in [-0.1, -0.05) is 20.3 Å². The lowest BCUT2D eigenvalue weighted by atomic mass is 10.0. The predicted molar refractivity (Wildman–Crippen MR) is 75.5 cm³/mol. The second-order valence-corrected chi connectivity index (χ2v) is 5.13. The third-order valence-electron chi connectivity index (χ3n) is 3.55. The first kappa shape index (κ1) is 14.0. The summed E-state index contributed by atoms with van der Waals surface area (Å²) in [5, 5.41) is 0. The molecule has 104 valence electrons. The zero-order chi connectivity index (χ0) is 13.8. The van der Waals surface area contributed by atoms with Crippen LogP contribution in [0.4, 0.5) is 0 Å². The number of hydrogen-bond donors (Lipinski definition) is 0. The van der Waals surface area contributed by atoms with Crippen LogP contribution in [0.1, 0.15) is 73.3 Å². The molecule has 19 heavy (non-hydrogen) atoms. The van der Waals surface area contributed by atoms with Crippen LogP contribution in [0.3, 0.4) is 0 Å². The van der Waals surface area contributed by atoms with E-state index in [0.717, 1.165) is 37.8 Å². The monoisotopic (exact) mass is 261 g/mol.